The summed E-state index contributed by atoms with van der Waals surface area (Å²) in [7, 11) is 0. The standard InChI is InChI=1S/C16H17N7O2/c1-10-5-13(23(24)25)7-18-15(10)19-12-8-21(9-12)16-14-6-11(2)20-22(14)4-3-17-16/h3-7,12H,8-9H2,1-2H3,(H,18,19). The number of nitro groups is 1. The van der Waals surface area contributed by atoms with Gasteiger partial charge in [0.1, 0.15) is 17.5 Å². The Morgan fingerprint density at radius 3 is 2.80 bits per heavy atom. The summed E-state index contributed by atoms with van der Waals surface area (Å²) in [6.07, 6.45) is 4.87. The fraction of sp³-hybridized carbons (Fsp3) is 0.312. The summed E-state index contributed by atoms with van der Waals surface area (Å²) in [6, 6.07) is 3.77. The zero-order valence-corrected chi connectivity index (χ0v) is 13.9. The molecule has 0 atom stereocenters. The third-order valence-electron chi connectivity index (χ3n) is 4.29. The van der Waals surface area contributed by atoms with E-state index in [-0.39, 0.29) is 11.7 Å². The number of fused-ring (bicyclic) bond motifs is 1. The summed E-state index contributed by atoms with van der Waals surface area (Å²) >= 11 is 0. The molecule has 0 radical (unpaired) electrons. The highest BCUT2D eigenvalue weighted by molar-refractivity contribution is 5.70. The molecule has 9 heteroatoms. The quantitative estimate of drug-likeness (QED) is 0.572. The van der Waals surface area contributed by atoms with E-state index < -0.39 is 4.92 Å². The summed E-state index contributed by atoms with van der Waals surface area (Å²) in [5, 5.41) is 18.5. The Hall–Kier alpha value is -3.23. The van der Waals surface area contributed by atoms with Crippen molar-refractivity contribution in [3.63, 3.8) is 0 Å². The van der Waals surface area contributed by atoms with Gasteiger partial charge in [0, 0.05) is 31.5 Å². The van der Waals surface area contributed by atoms with Crippen molar-refractivity contribution in [2.75, 3.05) is 23.3 Å². The lowest BCUT2D eigenvalue weighted by Crippen LogP contribution is -2.55. The van der Waals surface area contributed by atoms with Crippen molar-refractivity contribution < 1.29 is 4.92 Å². The molecule has 1 saturated heterocycles. The fourth-order valence-electron chi connectivity index (χ4n) is 3.02. The van der Waals surface area contributed by atoms with Crippen molar-refractivity contribution in [1.82, 2.24) is 19.6 Å². The van der Waals surface area contributed by atoms with Crippen LogP contribution in [0.4, 0.5) is 17.3 Å². The van der Waals surface area contributed by atoms with E-state index >= 15 is 0 Å². The molecule has 0 aliphatic carbocycles. The van der Waals surface area contributed by atoms with Gasteiger partial charge in [-0.1, -0.05) is 0 Å². The molecule has 0 unspecified atom stereocenters. The molecule has 1 aliphatic rings. The Balaban J connectivity index is 1.46. The maximum absolute atomic E-state index is 10.8. The van der Waals surface area contributed by atoms with Gasteiger partial charge in [-0.2, -0.15) is 5.10 Å². The lowest BCUT2D eigenvalue weighted by molar-refractivity contribution is -0.385. The maximum Gasteiger partial charge on any atom is 0.287 e. The average molecular weight is 339 g/mol. The van der Waals surface area contributed by atoms with Crippen LogP contribution in [0.2, 0.25) is 0 Å². The molecule has 9 nitrogen and oxygen atoms in total. The number of nitrogens with one attached hydrogen (secondary N) is 1. The minimum atomic E-state index is -0.436. The van der Waals surface area contributed by atoms with Gasteiger partial charge in [-0.05, 0) is 25.5 Å². The summed E-state index contributed by atoms with van der Waals surface area (Å²) < 4.78 is 1.83. The minimum absolute atomic E-state index is 0.00488. The van der Waals surface area contributed by atoms with E-state index in [4.69, 9.17) is 0 Å². The molecule has 128 valence electrons. The number of rotatable bonds is 4. The molecule has 4 heterocycles. The number of pyridine rings is 1. The molecule has 0 saturated carbocycles. The first-order valence-corrected chi connectivity index (χ1v) is 7.95. The Labute approximate surface area is 143 Å². The van der Waals surface area contributed by atoms with E-state index in [1.54, 1.807) is 6.20 Å². The topological polar surface area (TPSA) is 101 Å². The number of hydrogen-bond donors (Lipinski definition) is 1. The average Bonchev–Trinajstić information content (AvgIpc) is 2.92. The highest BCUT2D eigenvalue weighted by atomic mass is 16.6. The number of anilines is 2. The number of nitrogens with zero attached hydrogens (tertiary/aromatic N) is 6. The van der Waals surface area contributed by atoms with Gasteiger partial charge in [0.15, 0.2) is 5.82 Å². The van der Waals surface area contributed by atoms with E-state index in [9.17, 15) is 10.1 Å². The highest BCUT2D eigenvalue weighted by Gasteiger charge is 2.30. The second-order valence-electron chi connectivity index (χ2n) is 6.23. The van der Waals surface area contributed by atoms with Crippen molar-refractivity contribution >= 4 is 22.8 Å². The number of hydrogen-bond acceptors (Lipinski definition) is 7. The molecule has 1 N–H and O–H groups in total. The Bertz CT molecular complexity index is 962. The van der Waals surface area contributed by atoms with Crippen LogP contribution in [0.5, 0.6) is 0 Å². The molecule has 25 heavy (non-hydrogen) atoms. The van der Waals surface area contributed by atoms with E-state index in [0.29, 0.717) is 5.82 Å². The third-order valence-corrected chi connectivity index (χ3v) is 4.29. The van der Waals surface area contributed by atoms with E-state index in [1.807, 2.05) is 30.6 Å². The lowest BCUT2D eigenvalue weighted by Gasteiger charge is -2.40. The molecular formula is C16H17N7O2. The van der Waals surface area contributed by atoms with Crippen molar-refractivity contribution in [2.45, 2.75) is 19.9 Å². The van der Waals surface area contributed by atoms with Crippen LogP contribution in [-0.4, -0.2) is 43.6 Å². The predicted octanol–water partition coefficient (Wildman–Crippen LogP) is 1.95. The van der Waals surface area contributed by atoms with Gasteiger partial charge in [-0.25, -0.2) is 14.5 Å². The van der Waals surface area contributed by atoms with Gasteiger partial charge in [0.25, 0.3) is 5.69 Å². The van der Waals surface area contributed by atoms with E-state index in [0.717, 1.165) is 35.7 Å². The predicted molar refractivity (Wildman–Crippen MR) is 93.0 cm³/mol. The second kappa shape index (κ2) is 5.69. The summed E-state index contributed by atoms with van der Waals surface area (Å²) in [5.74, 6) is 1.59. The Kier molecular flexibility index (Phi) is 3.48. The molecule has 3 aromatic heterocycles. The number of aryl methyl sites for hydroxylation is 2. The summed E-state index contributed by atoms with van der Waals surface area (Å²) in [4.78, 5) is 21.2. The van der Waals surface area contributed by atoms with Crippen molar-refractivity contribution in [2.24, 2.45) is 0 Å². The van der Waals surface area contributed by atoms with Gasteiger partial charge in [0.05, 0.1) is 16.7 Å². The van der Waals surface area contributed by atoms with Crippen molar-refractivity contribution in [1.29, 1.82) is 0 Å². The monoisotopic (exact) mass is 339 g/mol. The largest absolute Gasteiger partial charge is 0.364 e. The highest BCUT2D eigenvalue weighted by Crippen LogP contribution is 2.26. The van der Waals surface area contributed by atoms with Crippen molar-refractivity contribution in [3.8, 4) is 0 Å². The Morgan fingerprint density at radius 1 is 1.28 bits per heavy atom. The van der Waals surface area contributed by atoms with Crippen LogP contribution in [0.15, 0.2) is 30.7 Å². The lowest BCUT2D eigenvalue weighted by atomic mass is 10.1. The van der Waals surface area contributed by atoms with Crippen LogP contribution in [0.1, 0.15) is 11.3 Å². The zero-order valence-electron chi connectivity index (χ0n) is 13.9. The zero-order chi connectivity index (χ0) is 17.6. The van der Waals surface area contributed by atoms with Crippen LogP contribution in [-0.2, 0) is 0 Å². The first kappa shape index (κ1) is 15.3. The van der Waals surface area contributed by atoms with Gasteiger partial charge in [0.2, 0.25) is 0 Å². The molecule has 0 bridgehead atoms. The first-order valence-electron chi connectivity index (χ1n) is 7.95. The van der Waals surface area contributed by atoms with Crippen LogP contribution < -0.4 is 10.2 Å². The first-order chi connectivity index (χ1) is 12.0. The summed E-state index contributed by atoms with van der Waals surface area (Å²) in [6.45, 7) is 5.35. The van der Waals surface area contributed by atoms with Gasteiger partial charge in [-0.15, -0.1) is 0 Å². The third kappa shape index (κ3) is 2.73. The van der Waals surface area contributed by atoms with Crippen molar-refractivity contribution in [3.05, 3.63) is 52.1 Å². The minimum Gasteiger partial charge on any atom is -0.364 e. The molecule has 3 aromatic rings. The van der Waals surface area contributed by atoms with Crippen LogP contribution in [0, 0.1) is 24.0 Å². The van der Waals surface area contributed by atoms with Crippen LogP contribution >= 0.6 is 0 Å². The second-order valence-corrected chi connectivity index (χ2v) is 6.23. The van der Waals surface area contributed by atoms with Crippen LogP contribution in [0.3, 0.4) is 0 Å². The summed E-state index contributed by atoms with van der Waals surface area (Å²) in [5.41, 5.74) is 2.71. The SMILES string of the molecule is Cc1cc2c(N3CC(Nc4ncc([N+](=O)[O-])cc4C)C3)nccn2n1. The van der Waals surface area contributed by atoms with E-state index in [1.165, 1.54) is 12.3 Å². The Morgan fingerprint density at radius 2 is 2.08 bits per heavy atom. The molecule has 1 fully saturated rings. The smallest absolute Gasteiger partial charge is 0.287 e. The molecule has 1 aliphatic heterocycles. The molecular weight excluding hydrogens is 322 g/mol. The van der Waals surface area contributed by atoms with E-state index in [2.05, 4.69) is 25.3 Å². The number of aromatic nitrogens is 4. The van der Waals surface area contributed by atoms with Gasteiger partial charge in [-0.3, -0.25) is 10.1 Å². The molecule has 0 amide bonds. The van der Waals surface area contributed by atoms with Crippen LogP contribution in [0.25, 0.3) is 5.52 Å². The van der Waals surface area contributed by atoms with Gasteiger partial charge < -0.3 is 10.2 Å². The van der Waals surface area contributed by atoms with Gasteiger partial charge >= 0.3 is 0 Å². The normalized spacial score (nSPS) is 14.6. The fourth-order valence-corrected chi connectivity index (χ4v) is 3.02. The molecule has 0 spiro atoms. The maximum atomic E-state index is 10.8. The molecule has 0 aromatic carbocycles. The molecule has 4 rings (SSSR count).